The first kappa shape index (κ1) is 12.2. The van der Waals surface area contributed by atoms with E-state index in [4.69, 9.17) is 12.2 Å². The van der Waals surface area contributed by atoms with Crippen molar-refractivity contribution in [2.75, 3.05) is 0 Å². The molecule has 0 aliphatic heterocycles. The maximum Gasteiger partial charge on any atom is 0.195 e. The second kappa shape index (κ2) is 5.41. The molecule has 0 saturated carbocycles. The lowest BCUT2D eigenvalue weighted by Crippen LogP contribution is -2.04. The van der Waals surface area contributed by atoms with E-state index in [0.29, 0.717) is 4.77 Å². The number of aromatic nitrogens is 5. The number of aryl methyl sites for hydroxylation is 1. The van der Waals surface area contributed by atoms with Crippen LogP contribution in [0.3, 0.4) is 0 Å². The monoisotopic (exact) mass is 289 g/mol. The Kier molecular flexibility index (Phi) is 3.47. The van der Waals surface area contributed by atoms with E-state index >= 15 is 0 Å². The van der Waals surface area contributed by atoms with Crippen LogP contribution in [0.4, 0.5) is 0 Å². The van der Waals surface area contributed by atoms with E-state index in [9.17, 15) is 0 Å². The molecule has 0 radical (unpaired) electrons. The summed E-state index contributed by atoms with van der Waals surface area (Å²) in [6.07, 6.45) is 2.58. The lowest BCUT2D eigenvalue weighted by Gasteiger charge is -2.04. The minimum atomic E-state index is 0.607. The zero-order chi connectivity index (χ0) is 13.1. The molecule has 0 saturated heterocycles. The number of aromatic amines is 1. The van der Waals surface area contributed by atoms with Gasteiger partial charge in [0.2, 0.25) is 0 Å². The molecule has 0 unspecified atom stereocenters. The van der Waals surface area contributed by atoms with E-state index in [1.807, 2.05) is 33.7 Å². The van der Waals surface area contributed by atoms with Crippen molar-refractivity contribution in [3.8, 4) is 11.5 Å². The molecule has 0 fully saturated rings. The summed E-state index contributed by atoms with van der Waals surface area (Å²) in [4.78, 5) is 8.58. The second-order valence-electron chi connectivity index (χ2n) is 3.95. The molecule has 5 nitrogen and oxygen atoms in total. The molecule has 0 spiro atoms. The highest BCUT2D eigenvalue weighted by Crippen LogP contribution is 2.14. The Morgan fingerprint density at radius 1 is 1.32 bits per heavy atom. The maximum absolute atomic E-state index is 5.27. The number of hydrogen-bond donors (Lipinski definition) is 1. The third-order valence-electron chi connectivity index (χ3n) is 2.73. The summed E-state index contributed by atoms with van der Waals surface area (Å²) >= 11 is 6.87. The van der Waals surface area contributed by atoms with Gasteiger partial charge in [0.15, 0.2) is 10.6 Å². The van der Waals surface area contributed by atoms with Crippen molar-refractivity contribution in [3.05, 3.63) is 45.8 Å². The van der Waals surface area contributed by atoms with Gasteiger partial charge in [0.25, 0.3) is 0 Å². The predicted octanol–water partition coefficient (Wildman–Crippen LogP) is 2.70. The van der Waals surface area contributed by atoms with Crippen LogP contribution in [-0.4, -0.2) is 24.7 Å². The Hall–Kier alpha value is -1.86. The lowest BCUT2D eigenvalue weighted by atomic mass is 10.3. The SMILES string of the molecule is S=c1[nH]nc(-c2ccccn2)n1CCc1cscn1. The van der Waals surface area contributed by atoms with Gasteiger partial charge in [-0.3, -0.25) is 14.6 Å². The topological polar surface area (TPSA) is 59.4 Å². The van der Waals surface area contributed by atoms with Gasteiger partial charge in [-0.25, -0.2) is 4.98 Å². The number of pyridine rings is 1. The van der Waals surface area contributed by atoms with E-state index < -0.39 is 0 Å². The molecule has 0 amide bonds. The molecule has 0 aliphatic rings. The molecular formula is C12H11N5S2. The van der Waals surface area contributed by atoms with Crippen molar-refractivity contribution < 1.29 is 0 Å². The third-order valence-corrected chi connectivity index (χ3v) is 3.67. The standard InChI is InChI=1S/C12H11N5S2/c18-12-16-15-11(10-3-1-2-5-13-10)17(12)6-4-9-7-19-8-14-9/h1-3,5,7-8H,4,6H2,(H,16,18). The Bertz CT molecular complexity index is 699. The summed E-state index contributed by atoms with van der Waals surface area (Å²) in [5.74, 6) is 0.765. The van der Waals surface area contributed by atoms with Crippen LogP contribution in [0.1, 0.15) is 5.69 Å². The summed E-state index contributed by atoms with van der Waals surface area (Å²) < 4.78 is 2.56. The minimum Gasteiger partial charge on any atom is -0.298 e. The van der Waals surface area contributed by atoms with Crippen LogP contribution < -0.4 is 0 Å². The van der Waals surface area contributed by atoms with Crippen LogP contribution in [0, 0.1) is 4.77 Å². The number of rotatable bonds is 4. The van der Waals surface area contributed by atoms with Gasteiger partial charge in [0.1, 0.15) is 5.69 Å². The molecule has 3 aromatic heterocycles. The molecule has 19 heavy (non-hydrogen) atoms. The molecule has 0 aromatic carbocycles. The van der Waals surface area contributed by atoms with Crippen molar-refractivity contribution in [2.24, 2.45) is 0 Å². The van der Waals surface area contributed by atoms with Crippen LogP contribution in [0.2, 0.25) is 0 Å². The van der Waals surface area contributed by atoms with Gasteiger partial charge >= 0.3 is 0 Å². The van der Waals surface area contributed by atoms with Crippen LogP contribution >= 0.6 is 23.6 Å². The van der Waals surface area contributed by atoms with Crippen molar-refractivity contribution in [3.63, 3.8) is 0 Å². The van der Waals surface area contributed by atoms with Gasteiger partial charge < -0.3 is 0 Å². The van der Waals surface area contributed by atoms with Crippen molar-refractivity contribution in [1.82, 2.24) is 24.7 Å². The highest BCUT2D eigenvalue weighted by molar-refractivity contribution is 7.71. The van der Waals surface area contributed by atoms with Gasteiger partial charge in [0.05, 0.1) is 11.2 Å². The molecule has 3 rings (SSSR count). The summed E-state index contributed by atoms with van der Waals surface area (Å²) in [6.45, 7) is 0.741. The Morgan fingerprint density at radius 3 is 3.00 bits per heavy atom. The van der Waals surface area contributed by atoms with Crippen molar-refractivity contribution in [1.29, 1.82) is 0 Å². The molecule has 3 heterocycles. The third kappa shape index (κ3) is 2.61. The number of hydrogen-bond acceptors (Lipinski definition) is 5. The summed E-state index contributed by atoms with van der Waals surface area (Å²) in [7, 11) is 0. The van der Waals surface area contributed by atoms with Crippen molar-refractivity contribution in [2.45, 2.75) is 13.0 Å². The number of nitrogens with one attached hydrogen (secondary N) is 1. The highest BCUT2D eigenvalue weighted by Gasteiger charge is 2.09. The van der Waals surface area contributed by atoms with Crippen LogP contribution in [0.15, 0.2) is 35.3 Å². The zero-order valence-corrected chi connectivity index (χ0v) is 11.6. The van der Waals surface area contributed by atoms with Crippen LogP contribution in [0.25, 0.3) is 11.5 Å². The number of nitrogens with zero attached hydrogens (tertiary/aromatic N) is 4. The largest absolute Gasteiger partial charge is 0.298 e. The fourth-order valence-electron chi connectivity index (χ4n) is 1.80. The number of thiazole rings is 1. The first-order chi connectivity index (χ1) is 9.34. The fraction of sp³-hybridized carbons (Fsp3) is 0.167. The molecule has 0 bridgehead atoms. The summed E-state index contributed by atoms with van der Waals surface area (Å²) in [6, 6.07) is 5.74. The smallest absolute Gasteiger partial charge is 0.195 e. The number of H-pyrrole nitrogens is 1. The quantitative estimate of drug-likeness (QED) is 0.750. The highest BCUT2D eigenvalue weighted by atomic mass is 32.1. The van der Waals surface area contributed by atoms with E-state index in [2.05, 4.69) is 20.2 Å². The van der Waals surface area contributed by atoms with Crippen LogP contribution in [-0.2, 0) is 13.0 Å². The fourth-order valence-corrected chi connectivity index (χ4v) is 2.62. The minimum absolute atomic E-state index is 0.607. The molecule has 0 atom stereocenters. The first-order valence-electron chi connectivity index (χ1n) is 5.78. The molecule has 7 heteroatoms. The average molecular weight is 289 g/mol. The van der Waals surface area contributed by atoms with Gasteiger partial charge in [-0.05, 0) is 24.4 Å². The molecular weight excluding hydrogens is 278 g/mol. The predicted molar refractivity (Wildman–Crippen MR) is 76.5 cm³/mol. The first-order valence-corrected chi connectivity index (χ1v) is 7.13. The van der Waals surface area contributed by atoms with Gasteiger partial charge in [-0.2, -0.15) is 5.10 Å². The van der Waals surface area contributed by atoms with Crippen LogP contribution in [0.5, 0.6) is 0 Å². The maximum atomic E-state index is 5.27. The Balaban J connectivity index is 1.89. The second-order valence-corrected chi connectivity index (χ2v) is 5.05. The average Bonchev–Trinajstić information content (AvgIpc) is 3.07. The van der Waals surface area contributed by atoms with E-state index in [-0.39, 0.29) is 0 Å². The Labute approximate surface area is 119 Å². The molecule has 96 valence electrons. The molecule has 3 aromatic rings. The van der Waals surface area contributed by atoms with E-state index in [0.717, 1.165) is 30.2 Å². The molecule has 1 N–H and O–H groups in total. The van der Waals surface area contributed by atoms with Gasteiger partial charge in [-0.1, -0.05) is 6.07 Å². The molecule has 0 aliphatic carbocycles. The van der Waals surface area contributed by atoms with Crippen molar-refractivity contribution >= 4 is 23.6 Å². The van der Waals surface area contributed by atoms with E-state index in [1.54, 1.807) is 17.5 Å². The summed E-state index contributed by atoms with van der Waals surface area (Å²) in [5.41, 5.74) is 3.72. The lowest BCUT2D eigenvalue weighted by molar-refractivity contribution is 0.682. The zero-order valence-electron chi connectivity index (χ0n) is 9.98. The van der Waals surface area contributed by atoms with E-state index in [1.165, 1.54) is 0 Å². The van der Waals surface area contributed by atoms with Gasteiger partial charge in [0, 0.05) is 24.5 Å². The normalized spacial score (nSPS) is 10.7. The Morgan fingerprint density at radius 2 is 2.26 bits per heavy atom. The van der Waals surface area contributed by atoms with Gasteiger partial charge in [-0.15, -0.1) is 11.3 Å². The summed E-state index contributed by atoms with van der Waals surface area (Å²) in [5, 5.41) is 9.12.